The number of allylic oxidation sites excluding steroid dienone is 1. The number of carbonyl (C=O) groups is 2. The second kappa shape index (κ2) is 6.61. The lowest BCUT2D eigenvalue weighted by Gasteiger charge is -2.35. The van der Waals surface area contributed by atoms with Crippen LogP contribution >= 0.6 is 15.9 Å². The third kappa shape index (κ3) is 2.99. The molecule has 0 fully saturated rings. The largest absolute Gasteiger partial charge is 0.326 e. The minimum atomic E-state index is -0.442. The van der Waals surface area contributed by atoms with Crippen LogP contribution in [-0.2, 0) is 4.79 Å². The van der Waals surface area contributed by atoms with Crippen molar-refractivity contribution in [1.82, 2.24) is 5.32 Å². The first-order valence-corrected chi connectivity index (χ1v) is 8.41. The first kappa shape index (κ1) is 16.5. The zero-order chi connectivity index (χ0) is 17.3. The van der Waals surface area contributed by atoms with E-state index in [1.54, 1.807) is 4.90 Å². The lowest BCUT2D eigenvalue weighted by molar-refractivity contribution is -0.114. The average Bonchev–Trinajstić information content (AvgIpc) is 2.55. The predicted octanol–water partition coefficient (Wildman–Crippen LogP) is 4.58. The van der Waals surface area contributed by atoms with Gasteiger partial charge in [0.15, 0.2) is 5.78 Å². The number of para-hydroxylation sites is 1. The Morgan fingerprint density at radius 2 is 1.71 bits per heavy atom. The third-order valence-electron chi connectivity index (χ3n) is 4.08. The molecule has 1 atom stereocenters. The monoisotopic (exact) mass is 384 g/mol. The number of ketones is 1. The molecule has 1 heterocycles. The van der Waals surface area contributed by atoms with E-state index in [-0.39, 0.29) is 11.8 Å². The van der Waals surface area contributed by atoms with E-state index in [2.05, 4.69) is 21.2 Å². The van der Waals surface area contributed by atoms with E-state index in [4.69, 9.17) is 0 Å². The minimum absolute atomic E-state index is 0.0543. The summed E-state index contributed by atoms with van der Waals surface area (Å²) in [5, 5.41) is 2.96. The van der Waals surface area contributed by atoms with Crippen LogP contribution in [0.3, 0.4) is 0 Å². The number of carbonyl (C=O) groups excluding carboxylic acids is 2. The van der Waals surface area contributed by atoms with Gasteiger partial charge in [0, 0.05) is 15.7 Å². The van der Waals surface area contributed by atoms with E-state index in [0.29, 0.717) is 11.3 Å². The molecule has 0 aromatic heterocycles. The number of hydrogen-bond donors (Lipinski definition) is 1. The Morgan fingerprint density at radius 1 is 1.08 bits per heavy atom. The highest BCUT2D eigenvalue weighted by atomic mass is 79.9. The lowest BCUT2D eigenvalue weighted by atomic mass is 9.92. The van der Waals surface area contributed by atoms with Crippen LogP contribution in [0.1, 0.15) is 25.5 Å². The molecule has 2 aromatic carbocycles. The van der Waals surface area contributed by atoms with Gasteiger partial charge in [-0.05, 0) is 43.7 Å². The molecule has 0 spiro atoms. The van der Waals surface area contributed by atoms with Crippen LogP contribution in [0.25, 0.3) is 0 Å². The fourth-order valence-corrected chi connectivity index (χ4v) is 3.26. The Hall–Kier alpha value is -2.40. The molecule has 4 nitrogen and oxygen atoms in total. The van der Waals surface area contributed by atoms with Crippen molar-refractivity contribution in [2.24, 2.45) is 0 Å². The number of Topliss-reactive ketones (excluding diaryl/α,β-unsaturated/α-hetero) is 1. The number of amides is 2. The number of halogens is 1. The second-order valence-corrected chi connectivity index (χ2v) is 6.58. The van der Waals surface area contributed by atoms with Gasteiger partial charge in [-0.25, -0.2) is 4.79 Å². The molecule has 1 aliphatic rings. The number of urea groups is 1. The molecule has 0 radical (unpaired) electrons. The number of anilines is 1. The van der Waals surface area contributed by atoms with Crippen LogP contribution in [0.5, 0.6) is 0 Å². The molecule has 2 amide bonds. The Bertz CT molecular complexity index is 813. The molecular formula is C19H17BrN2O2. The summed E-state index contributed by atoms with van der Waals surface area (Å²) in [6.07, 6.45) is 0. The van der Waals surface area contributed by atoms with Crippen LogP contribution in [0.2, 0.25) is 0 Å². The summed E-state index contributed by atoms with van der Waals surface area (Å²) in [5.74, 6) is -0.0543. The smallest absolute Gasteiger partial charge is 0.326 e. The van der Waals surface area contributed by atoms with E-state index in [1.165, 1.54) is 6.92 Å². The van der Waals surface area contributed by atoms with Crippen LogP contribution in [0.4, 0.5) is 10.5 Å². The van der Waals surface area contributed by atoms with Gasteiger partial charge >= 0.3 is 6.03 Å². The molecule has 0 saturated heterocycles. The number of nitrogens with one attached hydrogen (secondary N) is 1. The highest BCUT2D eigenvalue weighted by molar-refractivity contribution is 9.10. The van der Waals surface area contributed by atoms with Gasteiger partial charge in [0.25, 0.3) is 0 Å². The first-order chi connectivity index (χ1) is 11.5. The molecule has 2 aromatic rings. The van der Waals surface area contributed by atoms with Crippen molar-refractivity contribution in [3.63, 3.8) is 0 Å². The van der Waals surface area contributed by atoms with E-state index in [0.717, 1.165) is 15.7 Å². The van der Waals surface area contributed by atoms with Gasteiger partial charge in [-0.15, -0.1) is 0 Å². The van der Waals surface area contributed by atoms with Crippen molar-refractivity contribution in [3.8, 4) is 0 Å². The van der Waals surface area contributed by atoms with Gasteiger partial charge in [0.05, 0.1) is 11.7 Å². The summed E-state index contributed by atoms with van der Waals surface area (Å²) in [4.78, 5) is 26.5. The van der Waals surface area contributed by atoms with Gasteiger partial charge in [-0.1, -0.05) is 46.3 Å². The maximum absolute atomic E-state index is 12.7. The van der Waals surface area contributed by atoms with E-state index < -0.39 is 6.04 Å². The molecule has 1 aliphatic heterocycles. The van der Waals surface area contributed by atoms with Crippen LogP contribution in [0, 0.1) is 0 Å². The van der Waals surface area contributed by atoms with Gasteiger partial charge in [0.2, 0.25) is 0 Å². The average molecular weight is 385 g/mol. The first-order valence-electron chi connectivity index (χ1n) is 7.62. The van der Waals surface area contributed by atoms with Crippen LogP contribution in [0.15, 0.2) is 70.3 Å². The molecule has 5 heteroatoms. The third-order valence-corrected chi connectivity index (χ3v) is 4.61. The SMILES string of the molecule is CC(=O)C1=C(C)N(c2ccccc2)C(=O)N[C@@H]1c1ccc(Br)cc1. The molecule has 0 aliphatic carbocycles. The summed E-state index contributed by atoms with van der Waals surface area (Å²) in [7, 11) is 0. The topological polar surface area (TPSA) is 49.4 Å². The molecule has 24 heavy (non-hydrogen) atoms. The molecule has 1 N–H and O–H groups in total. The number of nitrogens with zero attached hydrogens (tertiary/aromatic N) is 1. The second-order valence-electron chi connectivity index (χ2n) is 5.66. The summed E-state index contributed by atoms with van der Waals surface area (Å²) >= 11 is 3.40. The highest BCUT2D eigenvalue weighted by Gasteiger charge is 2.34. The summed E-state index contributed by atoms with van der Waals surface area (Å²) < 4.78 is 0.948. The summed E-state index contributed by atoms with van der Waals surface area (Å²) in [6.45, 7) is 3.35. The van der Waals surface area contributed by atoms with Crippen LogP contribution < -0.4 is 10.2 Å². The van der Waals surface area contributed by atoms with E-state index in [1.807, 2.05) is 61.5 Å². The Balaban J connectivity index is 2.11. The van der Waals surface area contributed by atoms with E-state index >= 15 is 0 Å². The van der Waals surface area contributed by atoms with Gasteiger partial charge in [-0.3, -0.25) is 9.69 Å². The Morgan fingerprint density at radius 3 is 2.29 bits per heavy atom. The van der Waals surface area contributed by atoms with Crippen molar-refractivity contribution < 1.29 is 9.59 Å². The van der Waals surface area contributed by atoms with Crippen molar-refractivity contribution in [3.05, 3.63) is 75.9 Å². The van der Waals surface area contributed by atoms with Gasteiger partial charge < -0.3 is 5.32 Å². The summed E-state index contributed by atoms with van der Waals surface area (Å²) in [6, 6.07) is 16.2. The molecule has 0 unspecified atom stereocenters. The molecule has 3 rings (SSSR count). The fraction of sp³-hybridized carbons (Fsp3) is 0.158. The normalized spacial score (nSPS) is 17.7. The summed E-state index contributed by atoms with van der Waals surface area (Å²) in [5.41, 5.74) is 2.87. The molecule has 0 saturated carbocycles. The Labute approximate surface area is 149 Å². The highest BCUT2D eigenvalue weighted by Crippen LogP contribution is 2.34. The van der Waals surface area contributed by atoms with Crippen molar-refractivity contribution in [2.45, 2.75) is 19.9 Å². The zero-order valence-corrected chi connectivity index (χ0v) is 15.0. The lowest BCUT2D eigenvalue weighted by Crippen LogP contribution is -2.47. The molecule has 122 valence electrons. The Kier molecular flexibility index (Phi) is 4.53. The van der Waals surface area contributed by atoms with Crippen molar-refractivity contribution in [1.29, 1.82) is 0 Å². The van der Waals surface area contributed by atoms with E-state index in [9.17, 15) is 9.59 Å². The zero-order valence-electron chi connectivity index (χ0n) is 13.4. The fourth-order valence-electron chi connectivity index (χ4n) is 2.99. The van der Waals surface area contributed by atoms with Crippen molar-refractivity contribution in [2.75, 3.05) is 4.90 Å². The molecule has 0 bridgehead atoms. The maximum Gasteiger partial charge on any atom is 0.326 e. The van der Waals surface area contributed by atoms with Gasteiger partial charge in [0.1, 0.15) is 0 Å². The maximum atomic E-state index is 12.7. The standard InChI is InChI=1S/C19H17BrN2O2/c1-12-17(13(2)23)18(14-8-10-15(20)11-9-14)21-19(24)22(12)16-6-4-3-5-7-16/h3-11,18H,1-2H3,(H,21,24)/t18-/m1/s1. The number of hydrogen-bond acceptors (Lipinski definition) is 2. The quantitative estimate of drug-likeness (QED) is 0.841. The van der Waals surface area contributed by atoms with Crippen molar-refractivity contribution >= 4 is 33.4 Å². The predicted molar refractivity (Wildman–Crippen MR) is 97.7 cm³/mol. The van der Waals surface area contributed by atoms with Gasteiger partial charge in [-0.2, -0.15) is 0 Å². The number of benzene rings is 2. The van der Waals surface area contributed by atoms with Crippen LogP contribution in [-0.4, -0.2) is 11.8 Å². The minimum Gasteiger partial charge on any atom is -0.326 e. The molecular weight excluding hydrogens is 368 g/mol. The number of rotatable bonds is 3.